The number of likely N-dealkylation sites (tertiary alicyclic amines) is 1. The van der Waals surface area contributed by atoms with Crippen LogP contribution in [0, 0.1) is 15.5 Å². The van der Waals surface area contributed by atoms with Gasteiger partial charge in [-0.25, -0.2) is 0 Å². The van der Waals surface area contributed by atoms with Gasteiger partial charge in [0.1, 0.15) is 0 Å². The van der Waals surface area contributed by atoms with E-state index in [4.69, 9.17) is 0 Å². The van der Waals surface area contributed by atoms with E-state index in [0.29, 0.717) is 19.3 Å². The van der Waals surface area contributed by atoms with Crippen LogP contribution in [-0.2, 0) is 9.59 Å². The summed E-state index contributed by atoms with van der Waals surface area (Å²) in [5, 5.41) is 10.9. The number of benzene rings is 1. The minimum atomic E-state index is -0.612. The molecule has 1 aliphatic rings. The van der Waals surface area contributed by atoms with E-state index >= 15 is 0 Å². The smallest absolute Gasteiger partial charge is 0.269 e. The number of nitro groups is 1. The van der Waals surface area contributed by atoms with E-state index in [1.165, 1.54) is 23.5 Å². The minimum Gasteiger partial charge on any atom is -0.277 e. The van der Waals surface area contributed by atoms with Crippen molar-refractivity contribution in [2.24, 2.45) is 5.41 Å². The van der Waals surface area contributed by atoms with Crippen molar-refractivity contribution >= 4 is 26.7 Å². The lowest BCUT2D eigenvalue weighted by Crippen LogP contribution is -2.57. The Morgan fingerprint density at radius 3 is 1.88 bits per heavy atom. The Kier molecular flexibility index (Phi) is 12.9. The Morgan fingerprint density at radius 2 is 1.53 bits per heavy atom. The zero-order valence-corrected chi connectivity index (χ0v) is 22.4. The van der Waals surface area contributed by atoms with E-state index < -0.39 is 10.5 Å². The number of nitrogens with zero attached hydrogens (tertiary/aromatic N) is 2. The Morgan fingerprint density at radius 1 is 1.09 bits per heavy atom. The molecule has 0 spiro atoms. The molecule has 1 fully saturated rings. The SMILES string of the molecule is CC.CCC.CCC(CC(C)(C)N1C(=O)CC(C)(CP)CC1=O)c1ccc([N+](=O)[O-])cc1. The van der Waals surface area contributed by atoms with Crippen LogP contribution in [0.2, 0.25) is 0 Å². The van der Waals surface area contributed by atoms with Crippen LogP contribution in [0.5, 0.6) is 0 Å². The number of piperidine rings is 1. The van der Waals surface area contributed by atoms with Gasteiger partial charge in [0.25, 0.3) is 5.69 Å². The van der Waals surface area contributed by atoms with Gasteiger partial charge in [-0.2, -0.15) is 0 Å². The fourth-order valence-electron chi connectivity index (χ4n) is 3.97. The van der Waals surface area contributed by atoms with Gasteiger partial charge in [-0.1, -0.05) is 60.1 Å². The molecule has 0 bridgehead atoms. The third-order valence-electron chi connectivity index (χ3n) is 5.57. The molecule has 0 aliphatic carbocycles. The van der Waals surface area contributed by atoms with Crippen LogP contribution < -0.4 is 0 Å². The summed E-state index contributed by atoms with van der Waals surface area (Å²) in [5.41, 5.74) is 0.154. The number of carbonyl (C=O) groups is 2. The number of amides is 2. The molecule has 1 aliphatic heterocycles. The zero-order valence-electron chi connectivity index (χ0n) is 21.2. The summed E-state index contributed by atoms with van der Waals surface area (Å²) in [6, 6.07) is 6.56. The first kappa shape index (κ1) is 30.2. The first-order valence-electron chi connectivity index (χ1n) is 11.7. The first-order chi connectivity index (χ1) is 14.9. The number of nitro benzene ring substituents is 1. The summed E-state index contributed by atoms with van der Waals surface area (Å²) in [6.45, 7) is 16.1. The van der Waals surface area contributed by atoms with Crippen molar-refractivity contribution in [3.63, 3.8) is 0 Å². The van der Waals surface area contributed by atoms with Crippen LogP contribution in [0.15, 0.2) is 24.3 Å². The molecule has 2 atom stereocenters. The van der Waals surface area contributed by atoms with Crippen LogP contribution in [0.4, 0.5) is 5.69 Å². The van der Waals surface area contributed by atoms with Crippen molar-refractivity contribution in [3.05, 3.63) is 39.9 Å². The summed E-state index contributed by atoms with van der Waals surface area (Å²) in [6.07, 6.45) is 4.16. The molecule has 2 amide bonds. The Hall–Kier alpha value is -1.81. The third kappa shape index (κ3) is 8.27. The highest BCUT2D eigenvalue weighted by atomic mass is 31.0. The molecular formula is C25H43N2O4P. The molecule has 0 aromatic heterocycles. The van der Waals surface area contributed by atoms with Crippen molar-refractivity contribution in [1.29, 1.82) is 0 Å². The summed E-state index contributed by atoms with van der Waals surface area (Å²) >= 11 is 0. The van der Waals surface area contributed by atoms with Gasteiger partial charge in [0.05, 0.1) is 4.92 Å². The van der Waals surface area contributed by atoms with Crippen LogP contribution in [-0.4, -0.2) is 33.3 Å². The molecule has 32 heavy (non-hydrogen) atoms. The average Bonchev–Trinajstić information content (AvgIpc) is 2.73. The molecular weight excluding hydrogens is 423 g/mol. The largest absolute Gasteiger partial charge is 0.277 e. The lowest BCUT2D eigenvalue weighted by atomic mass is 9.77. The second-order valence-corrected chi connectivity index (χ2v) is 9.58. The van der Waals surface area contributed by atoms with E-state index in [2.05, 4.69) is 23.1 Å². The van der Waals surface area contributed by atoms with E-state index in [9.17, 15) is 19.7 Å². The van der Waals surface area contributed by atoms with Gasteiger partial charge in [0, 0.05) is 30.5 Å². The van der Waals surface area contributed by atoms with Crippen LogP contribution in [0.3, 0.4) is 0 Å². The highest BCUT2D eigenvalue weighted by molar-refractivity contribution is 7.16. The van der Waals surface area contributed by atoms with E-state index in [1.807, 2.05) is 41.5 Å². The van der Waals surface area contributed by atoms with E-state index in [-0.39, 0.29) is 28.8 Å². The minimum absolute atomic E-state index is 0.0611. The van der Waals surface area contributed by atoms with Crippen LogP contribution in [0.1, 0.15) is 99.0 Å². The van der Waals surface area contributed by atoms with Crippen molar-refractivity contribution in [2.75, 3.05) is 6.16 Å². The lowest BCUT2D eigenvalue weighted by Gasteiger charge is -2.45. The summed E-state index contributed by atoms with van der Waals surface area (Å²) in [4.78, 5) is 37.4. The fourth-order valence-corrected chi connectivity index (χ4v) is 4.26. The van der Waals surface area contributed by atoms with Gasteiger partial charge in [-0.15, -0.1) is 9.24 Å². The number of carbonyl (C=O) groups excluding carboxylic acids is 2. The topological polar surface area (TPSA) is 80.5 Å². The fraction of sp³-hybridized carbons (Fsp3) is 0.680. The highest BCUT2D eigenvalue weighted by Gasteiger charge is 2.45. The van der Waals surface area contributed by atoms with Gasteiger partial charge in [-0.05, 0) is 49.7 Å². The molecule has 1 saturated heterocycles. The van der Waals surface area contributed by atoms with Crippen LogP contribution >= 0.6 is 9.24 Å². The number of hydrogen-bond acceptors (Lipinski definition) is 4. The number of rotatable bonds is 7. The summed E-state index contributed by atoms with van der Waals surface area (Å²) in [7, 11) is 2.64. The maximum Gasteiger partial charge on any atom is 0.269 e. The molecule has 0 saturated carbocycles. The molecule has 1 heterocycles. The normalized spacial score (nSPS) is 16.3. The quantitative estimate of drug-likeness (QED) is 0.193. The standard InChI is InChI=1S/C20H29N2O4P.C3H8.C2H6/c1-5-14(15-6-8-16(9-7-15)22(25)26)10-19(2,3)21-17(23)11-20(4,13-27)12-18(21)24;1-3-2;1-2/h6-9,14H,5,10-13,27H2,1-4H3;3H2,1-2H3;1-2H3. The van der Waals surface area contributed by atoms with Crippen LogP contribution in [0.25, 0.3) is 0 Å². The van der Waals surface area contributed by atoms with Gasteiger partial charge >= 0.3 is 0 Å². The maximum atomic E-state index is 12.8. The van der Waals surface area contributed by atoms with Gasteiger partial charge in [-0.3, -0.25) is 24.6 Å². The monoisotopic (exact) mass is 466 g/mol. The Balaban J connectivity index is 0.00000177. The molecule has 1 aromatic carbocycles. The first-order valence-corrected chi connectivity index (χ1v) is 12.6. The molecule has 0 radical (unpaired) electrons. The van der Waals surface area contributed by atoms with Crippen molar-refractivity contribution in [1.82, 2.24) is 4.90 Å². The highest BCUT2D eigenvalue weighted by Crippen LogP contribution is 2.40. The number of hydrogen-bond donors (Lipinski definition) is 0. The van der Waals surface area contributed by atoms with Crippen molar-refractivity contribution in [2.45, 2.75) is 99.0 Å². The second-order valence-electron chi connectivity index (χ2n) is 9.17. The van der Waals surface area contributed by atoms with E-state index in [0.717, 1.165) is 18.1 Å². The van der Waals surface area contributed by atoms with Crippen molar-refractivity contribution in [3.8, 4) is 0 Å². The summed E-state index contributed by atoms with van der Waals surface area (Å²) < 4.78 is 0. The predicted molar refractivity (Wildman–Crippen MR) is 136 cm³/mol. The molecule has 2 unspecified atom stereocenters. The molecule has 7 heteroatoms. The lowest BCUT2D eigenvalue weighted by molar-refractivity contribution is -0.384. The zero-order chi connectivity index (χ0) is 25.1. The molecule has 1 aromatic rings. The number of non-ortho nitro benzene ring substituents is 1. The molecule has 182 valence electrons. The Bertz CT molecular complexity index is 729. The van der Waals surface area contributed by atoms with Crippen molar-refractivity contribution < 1.29 is 14.5 Å². The number of imide groups is 1. The Labute approximate surface area is 196 Å². The molecule has 0 N–H and O–H groups in total. The van der Waals surface area contributed by atoms with Gasteiger partial charge < -0.3 is 0 Å². The summed E-state index contributed by atoms with van der Waals surface area (Å²) in [5.74, 6) is -0.115. The predicted octanol–water partition coefficient (Wildman–Crippen LogP) is 6.73. The van der Waals surface area contributed by atoms with E-state index in [1.54, 1.807) is 12.1 Å². The molecule has 2 rings (SSSR count). The third-order valence-corrected chi connectivity index (χ3v) is 6.55. The molecule has 6 nitrogen and oxygen atoms in total. The maximum absolute atomic E-state index is 12.8. The van der Waals surface area contributed by atoms with Gasteiger partial charge in [0.2, 0.25) is 11.8 Å². The van der Waals surface area contributed by atoms with Gasteiger partial charge in [0.15, 0.2) is 0 Å². The second kappa shape index (κ2) is 13.7. The average molecular weight is 467 g/mol.